The first-order chi connectivity index (χ1) is 9.38. The quantitative estimate of drug-likeness (QED) is 0.863. The summed E-state index contributed by atoms with van der Waals surface area (Å²) in [5.41, 5.74) is -0.586. The van der Waals surface area contributed by atoms with Gasteiger partial charge in [-0.2, -0.15) is 4.39 Å². The number of aromatic nitrogens is 1. The van der Waals surface area contributed by atoms with Crippen molar-refractivity contribution in [1.29, 1.82) is 0 Å². The van der Waals surface area contributed by atoms with Gasteiger partial charge in [0.05, 0.1) is 21.8 Å². The maximum atomic E-state index is 13.5. The third kappa shape index (κ3) is 2.97. The minimum absolute atomic E-state index is 0.0285. The fraction of sp³-hybridized carbons (Fsp3) is 0. The Morgan fingerprint density at radius 2 is 1.90 bits per heavy atom. The van der Waals surface area contributed by atoms with Crippen molar-refractivity contribution in [1.82, 2.24) is 4.98 Å². The van der Waals surface area contributed by atoms with Crippen molar-refractivity contribution in [3.05, 3.63) is 51.8 Å². The van der Waals surface area contributed by atoms with E-state index in [0.717, 1.165) is 24.4 Å². The van der Waals surface area contributed by atoms with E-state index in [1.54, 1.807) is 0 Å². The van der Waals surface area contributed by atoms with Crippen molar-refractivity contribution >= 4 is 29.2 Å². The summed E-state index contributed by atoms with van der Waals surface area (Å²) in [7, 11) is 0. The largest absolute Gasteiger partial charge is 0.478 e. The van der Waals surface area contributed by atoms with Gasteiger partial charge in [-0.3, -0.25) is 0 Å². The number of halogens is 4. The smallest absolute Gasteiger partial charge is 0.338 e. The van der Waals surface area contributed by atoms with E-state index in [0.29, 0.717) is 0 Å². The van der Waals surface area contributed by atoms with Crippen LogP contribution < -0.4 is 4.74 Å². The van der Waals surface area contributed by atoms with Gasteiger partial charge >= 0.3 is 5.97 Å². The van der Waals surface area contributed by atoms with Crippen LogP contribution in [0.25, 0.3) is 0 Å². The van der Waals surface area contributed by atoms with Crippen LogP contribution in [-0.2, 0) is 0 Å². The third-order valence-electron chi connectivity index (χ3n) is 2.25. The molecule has 0 amide bonds. The fourth-order valence-electron chi connectivity index (χ4n) is 1.36. The normalized spacial score (nSPS) is 10.4. The maximum Gasteiger partial charge on any atom is 0.338 e. The van der Waals surface area contributed by atoms with Crippen LogP contribution in [0.15, 0.2) is 24.4 Å². The van der Waals surface area contributed by atoms with Crippen molar-refractivity contribution in [3.63, 3.8) is 0 Å². The van der Waals surface area contributed by atoms with E-state index in [9.17, 15) is 13.6 Å². The molecule has 0 spiro atoms. The summed E-state index contributed by atoms with van der Waals surface area (Å²) in [4.78, 5) is 14.0. The highest BCUT2D eigenvalue weighted by atomic mass is 35.5. The number of pyridine rings is 1. The molecule has 0 aliphatic heterocycles. The molecule has 0 bridgehead atoms. The molecule has 1 heterocycles. The molecule has 1 aromatic heterocycles. The average molecular weight is 320 g/mol. The first-order valence-electron chi connectivity index (χ1n) is 5.09. The van der Waals surface area contributed by atoms with Crippen LogP contribution in [0, 0.1) is 11.8 Å². The van der Waals surface area contributed by atoms with Crippen molar-refractivity contribution in [2.45, 2.75) is 0 Å². The molecule has 0 fully saturated rings. The van der Waals surface area contributed by atoms with Gasteiger partial charge in [-0.15, -0.1) is 0 Å². The maximum absolute atomic E-state index is 13.5. The van der Waals surface area contributed by atoms with Crippen molar-refractivity contribution in [2.75, 3.05) is 0 Å². The molecule has 0 saturated carbocycles. The minimum atomic E-state index is -1.46. The van der Waals surface area contributed by atoms with Crippen LogP contribution in [-0.4, -0.2) is 16.1 Å². The Morgan fingerprint density at radius 1 is 1.20 bits per heavy atom. The van der Waals surface area contributed by atoms with E-state index in [1.807, 2.05) is 0 Å². The van der Waals surface area contributed by atoms with Gasteiger partial charge < -0.3 is 9.84 Å². The predicted molar refractivity (Wildman–Crippen MR) is 67.6 cm³/mol. The summed E-state index contributed by atoms with van der Waals surface area (Å²) in [6, 6.07) is 2.85. The van der Waals surface area contributed by atoms with E-state index < -0.39 is 23.3 Å². The Labute approximate surface area is 121 Å². The fourth-order valence-corrected chi connectivity index (χ4v) is 1.72. The van der Waals surface area contributed by atoms with Crippen LogP contribution in [0.4, 0.5) is 8.78 Å². The summed E-state index contributed by atoms with van der Waals surface area (Å²) in [5.74, 6) is -3.46. The molecule has 0 unspecified atom stereocenters. The lowest BCUT2D eigenvalue weighted by molar-refractivity contribution is 0.0692. The molecule has 0 aliphatic carbocycles. The number of hydrogen-bond donors (Lipinski definition) is 1. The van der Waals surface area contributed by atoms with Gasteiger partial charge in [0.15, 0.2) is 0 Å². The Hall–Kier alpha value is -1.92. The Morgan fingerprint density at radius 3 is 2.50 bits per heavy atom. The molecule has 1 N–H and O–H groups in total. The van der Waals surface area contributed by atoms with Crippen LogP contribution in [0.2, 0.25) is 10.0 Å². The molecule has 0 aliphatic rings. The summed E-state index contributed by atoms with van der Waals surface area (Å²) in [5, 5.41) is 8.33. The lowest BCUT2D eigenvalue weighted by Gasteiger charge is -2.09. The van der Waals surface area contributed by atoms with E-state index in [1.165, 1.54) is 0 Å². The van der Waals surface area contributed by atoms with Gasteiger partial charge in [0.25, 0.3) is 0 Å². The molecule has 1 aromatic carbocycles. The van der Waals surface area contributed by atoms with E-state index in [2.05, 4.69) is 4.98 Å². The SMILES string of the molecule is O=C(O)c1cc(Cl)c(Oc2cnc(F)c(Cl)c2)cc1F. The van der Waals surface area contributed by atoms with Gasteiger partial charge in [0.2, 0.25) is 5.95 Å². The number of nitrogens with zero attached hydrogens (tertiary/aromatic N) is 1. The van der Waals surface area contributed by atoms with Gasteiger partial charge in [0.1, 0.15) is 17.3 Å². The topological polar surface area (TPSA) is 59.4 Å². The second kappa shape index (κ2) is 5.60. The lowest BCUT2D eigenvalue weighted by Crippen LogP contribution is -2.01. The standard InChI is InChI=1S/C12H5Cl2F2NO3/c13-7-2-6(12(18)19)9(15)3-10(7)20-5-1-8(14)11(16)17-4-5/h1-4H,(H,18,19). The highest BCUT2D eigenvalue weighted by Crippen LogP contribution is 2.32. The molecular weight excluding hydrogens is 315 g/mol. The molecule has 20 heavy (non-hydrogen) atoms. The zero-order valence-corrected chi connectivity index (χ0v) is 11.0. The number of aromatic carboxylic acids is 1. The molecule has 104 valence electrons. The number of rotatable bonds is 3. The summed E-state index contributed by atoms with van der Waals surface area (Å²) < 4.78 is 31.6. The van der Waals surface area contributed by atoms with Crippen LogP contribution in [0.5, 0.6) is 11.5 Å². The monoisotopic (exact) mass is 319 g/mol. The van der Waals surface area contributed by atoms with E-state index >= 15 is 0 Å². The second-order valence-corrected chi connectivity index (χ2v) is 4.43. The van der Waals surface area contributed by atoms with E-state index in [4.69, 9.17) is 33.0 Å². The van der Waals surface area contributed by atoms with Crippen LogP contribution in [0.3, 0.4) is 0 Å². The lowest BCUT2D eigenvalue weighted by atomic mass is 10.2. The number of benzene rings is 1. The molecule has 0 atom stereocenters. The number of carboxylic acid groups (broad SMARTS) is 1. The zero-order chi connectivity index (χ0) is 14.9. The Balaban J connectivity index is 2.36. The highest BCUT2D eigenvalue weighted by molar-refractivity contribution is 6.32. The third-order valence-corrected chi connectivity index (χ3v) is 2.81. The first-order valence-corrected chi connectivity index (χ1v) is 5.85. The van der Waals surface area contributed by atoms with Crippen molar-refractivity contribution in [2.24, 2.45) is 0 Å². The number of carbonyl (C=O) groups is 1. The number of hydrogen-bond acceptors (Lipinski definition) is 3. The van der Waals surface area contributed by atoms with Gasteiger partial charge in [-0.05, 0) is 6.07 Å². The van der Waals surface area contributed by atoms with Crippen molar-refractivity contribution in [3.8, 4) is 11.5 Å². The molecule has 2 aromatic rings. The van der Waals surface area contributed by atoms with Gasteiger partial charge in [-0.25, -0.2) is 14.2 Å². The van der Waals surface area contributed by atoms with Gasteiger partial charge in [0, 0.05) is 12.1 Å². The minimum Gasteiger partial charge on any atom is -0.478 e. The number of ether oxygens (including phenoxy) is 1. The number of carboxylic acids is 1. The molecular formula is C12H5Cl2F2NO3. The Bertz CT molecular complexity index is 695. The van der Waals surface area contributed by atoms with Crippen molar-refractivity contribution < 1.29 is 23.4 Å². The first kappa shape index (κ1) is 14.5. The van der Waals surface area contributed by atoms with Crippen LogP contribution >= 0.6 is 23.2 Å². The van der Waals surface area contributed by atoms with E-state index in [-0.39, 0.29) is 21.5 Å². The predicted octanol–water partition coefficient (Wildman–Crippen LogP) is 4.16. The van der Waals surface area contributed by atoms with Crippen LogP contribution in [0.1, 0.15) is 10.4 Å². The molecule has 0 saturated heterocycles. The summed E-state index contributed by atoms with van der Waals surface area (Å²) in [6.45, 7) is 0. The zero-order valence-electron chi connectivity index (χ0n) is 9.53. The second-order valence-electron chi connectivity index (χ2n) is 3.61. The van der Waals surface area contributed by atoms with Gasteiger partial charge in [-0.1, -0.05) is 23.2 Å². The summed E-state index contributed by atoms with van der Waals surface area (Å²) in [6.07, 6.45) is 1.03. The summed E-state index contributed by atoms with van der Waals surface area (Å²) >= 11 is 11.3. The molecule has 0 radical (unpaired) electrons. The molecule has 4 nitrogen and oxygen atoms in total. The Kier molecular flexibility index (Phi) is 4.06. The average Bonchev–Trinajstić information content (AvgIpc) is 2.37. The molecule has 2 rings (SSSR count). The highest BCUT2D eigenvalue weighted by Gasteiger charge is 2.16. The molecule has 8 heteroatoms.